The molecule has 0 amide bonds. The second-order valence-electron chi connectivity index (χ2n) is 3.54. The van der Waals surface area contributed by atoms with Crippen LogP contribution in [-0.4, -0.2) is 29.1 Å². The van der Waals surface area contributed by atoms with Crippen molar-refractivity contribution in [1.82, 2.24) is 9.36 Å². The summed E-state index contributed by atoms with van der Waals surface area (Å²) >= 11 is 1.40. The van der Waals surface area contributed by atoms with Gasteiger partial charge < -0.3 is 10.1 Å². The maximum absolute atomic E-state index is 5.12. The van der Waals surface area contributed by atoms with Gasteiger partial charge in [0.1, 0.15) is 5.82 Å². The lowest BCUT2D eigenvalue weighted by Gasteiger charge is -2.08. The Morgan fingerprint density at radius 3 is 2.64 bits per heavy atom. The number of methoxy groups -OCH3 is 1. The lowest BCUT2D eigenvalue weighted by molar-refractivity contribution is 0.129. The van der Waals surface area contributed by atoms with Gasteiger partial charge in [0.2, 0.25) is 5.13 Å². The average molecular weight is 215 g/mol. The summed E-state index contributed by atoms with van der Waals surface area (Å²) in [5, 5.41) is 4.06. The molecule has 1 atom stereocenters. The van der Waals surface area contributed by atoms with E-state index in [9.17, 15) is 0 Å². The second-order valence-corrected chi connectivity index (χ2v) is 4.29. The number of ether oxygens (including phenoxy) is 1. The Morgan fingerprint density at radius 2 is 2.14 bits per heavy atom. The molecule has 14 heavy (non-hydrogen) atoms. The van der Waals surface area contributed by atoms with Crippen molar-refractivity contribution in [1.29, 1.82) is 0 Å². The van der Waals surface area contributed by atoms with E-state index >= 15 is 0 Å². The number of hydrogen-bond donors (Lipinski definition) is 1. The molecule has 1 heterocycles. The molecule has 0 fully saturated rings. The number of anilines is 1. The van der Waals surface area contributed by atoms with Crippen LogP contribution >= 0.6 is 11.5 Å². The zero-order valence-electron chi connectivity index (χ0n) is 9.07. The molecular weight excluding hydrogens is 198 g/mol. The van der Waals surface area contributed by atoms with Gasteiger partial charge >= 0.3 is 0 Å². The quantitative estimate of drug-likeness (QED) is 0.817. The van der Waals surface area contributed by atoms with Crippen molar-refractivity contribution in [2.24, 2.45) is 0 Å². The number of hydrogen-bond acceptors (Lipinski definition) is 5. The number of nitrogens with zero attached hydrogens (tertiary/aromatic N) is 2. The van der Waals surface area contributed by atoms with Crippen LogP contribution in [0.4, 0.5) is 5.13 Å². The SMILES string of the molecule is COC(C)CNc1nc(C(C)C)ns1. The minimum atomic E-state index is 0.196. The monoisotopic (exact) mass is 215 g/mol. The molecule has 0 saturated heterocycles. The highest BCUT2D eigenvalue weighted by atomic mass is 32.1. The van der Waals surface area contributed by atoms with Crippen molar-refractivity contribution in [3.05, 3.63) is 5.82 Å². The topological polar surface area (TPSA) is 47.0 Å². The van der Waals surface area contributed by atoms with Crippen LogP contribution in [0.1, 0.15) is 32.5 Å². The lowest BCUT2D eigenvalue weighted by Crippen LogP contribution is -2.17. The van der Waals surface area contributed by atoms with E-state index in [1.54, 1.807) is 7.11 Å². The fourth-order valence-corrected chi connectivity index (χ4v) is 1.57. The summed E-state index contributed by atoms with van der Waals surface area (Å²) in [6.45, 7) is 6.95. The Hall–Kier alpha value is -0.680. The van der Waals surface area contributed by atoms with Gasteiger partial charge in [-0.1, -0.05) is 13.8 Å². The fraction of sp³-hybridized carbons (Fsp3) is 0.778. The van der Waals surface area contributed by atoms with Crippen LogP contribution in [0.15, 0.2) is 0 Å². The largest absolute Gasteiger partial charge is 0.380 e. The van der Waals surface area contributed by atoms with Crippen LogP contribution in [0.3, 0.4) is 0 Å². The van der Waals surface area contributed by atoms with E-state index in [0.717, 1.165) is 17.5 Å². The summed E-state index contributed by atoms with van der Waals surface area (Å²) in [7, 11) is 1.70. The smallest absolute Gasteiger partial charge is 0.202 e. The third-order valence-corrected chi connectivity index (χ3v) is 2.59. The Balaban J connectivity index is 2.44. The molecule has 0 radical (unpaired) electrons. The van der Waals surface area contributed by atoms with Gasteiger partial charge in [-0.3, -0.25) is 0 Å². The second kappa shape index (κ2) is 5.26. The molecule has 0 bridgehead atoms. The zero-order chi connectivity index (χ0) is 10.6. The van der Waals surface area contributed by atoms with Crippen LogP contribution in [0, 0.1) is 0 Å². The van der Waals surface area contributed by atoms with Crippen LogP contribution in [0.25, 0.3) is 0 Å². The minimum absolute atomic E-state index is 0.196. The van der Waals surface area contributed by atoms with Crippen molar-refractivity contribution < 1.29 is 4.74 Å². The predicted molar refractivity (Wildman–Crippen MR) is 59.0 cm³/mol. The van der Waals surface area contributed by atoms with Gasteiger partial charge in [-0.2, -0.15) is 4.37 Å². The van der Waals surface area contributed by atoms with E-state index in [-0.39, 0.29) is 6.10 Å². The lowest BCUT2D eigenvalue weighted by atomic mass is 10.2. The van der Waals surface area contributed by atoms with Gasteiger partial charge in [0, 0.05) is 31.1 Å². The standard InChI is InChI=1S/C9H17N3OS/c1-6(2)8-11-9(14-12-8)10-5-7(3)13-4/h6-7H,5H2,1-4H3,(H,10,11,12). The Kier molecular flexibility index (Phi) is 4.28. The highest BCUT2D eigenvalue weighted by molar-refractivity contribution is 7.09. The van der Waals surface area contributed by atoms with E-state index < -0.39 is 0 Å². The zero-order valence-corrected chi connectivity index (χ0v) is 9.89. The molecule has 0 aliphatic heterocycles. The van der Waals surface area contributed by atoms with Crippen LogP contribution in [0.2, 0.25) is 0 Å². The summed E-state index contributed by atoms with van der Waals surface area (Å²) < 4.78 is 9.37. The van der Waals surface area contributed by atoms with Crippen LogP contribution < -0.4 is 5.32 Å². The molecule has 1 rings (SSSR count). The summed E-state index contributed by atoms with van der Waals surface area (Å²) in [6.07, 6.45) is 0.196. The molecule has 1 unspecified atom stereocenters. The molecular formula is C9H17N3OS. The van der Waals surface area contributed by atoms with Crippen molar-refractivity contribution in [3.8, 4) is 0 Å². The number of aromatic nitrogens is 2. The van der Waals surface area contributed by atoms with E-state index in [4.69, 9.17) is 4.74 Å². The summed E-state index contributed by atoms with van der Waals surface area (Å²) in [4.78, 5) is 4.36. The van der Waals surface area contributed by atoms with Gasteiger partial charge in [-0.25, -0.2) is 4.98 Å². The maximum Gasteiger partial charge on any atom is 0.202 e. The van der Waals surface area contributed by atoms with E-state index in [0.29, 0.717) is 5.92 Å². The van der Waals surface area contributed by atoms with Crippen molar-refractivity contribution >= 4 is 16.7 Å². The highest BCUT2D eigenvalue weighted by Crippen LogP contribution is 2.17. The molecule has 4 nitrogen and oxygen atoms in total. The summed E-state index contributed by atoms with van der Waals surface area (Å²) in [6, 6.07) is 0. The Morgan fingerprint density at radius 1 is 1.43 bits per heavy atom. The first kappa shape index (κ1) is 11.4. The molecule has 0 aliphatic carbocycles. The van der Waals surface area contributed by atoms with Crippen molar-refractivity contribution in [2.45, 2.75) is 32.8 Å². The summed E-state index contributed by atoms with van der Waals surface area (Å²) in [5.74, 6) is 1.30. The predicted octanol–water partition coefficient (Wildman–Crippen LogP) is 2.11. The third kappa shape index (κ3) is 3.23. The first-order valence-electron chi connectivity index (χ1n) is 4.73. The van der Waals surface area contributed by atoms with Crippen molar-refractivity contribution in [3.63, 3.8) is 0 Å². The minimum Gasteiger partial charge on any atom is -0.380 e. The molecule has 0 saturated carbocycles. The van der Waals surface area contributed by atoms with Gasteiger partial charge in [0.05, 0.1) is 6.10 Å². The molecule has 80 valence electrons. The van der Waals surface area contributed by atoms with E-state index in [1.165, 1.54) is 11.5 Å². The molecule has 1 aromatic heterocycles. The number of rotatable bonds is 5. The Bertz CT molecular complexity index is 275. The average Bonchev–Trinajstić information content (AvgIpc) is 2.62. The Labute approximate surface area is 88.9 Å². The van der Waals surface area contributed by atoms with E-state index in [2.05, 4.69) is 28.5 Å². The van der Waals surface area contributed by atoms with Crippen LogP contribution in [0.5, 0.6) is 0 Å². The first-order valence-corrected chi connectivity index (χ1v) is 5.51. The maximum atomic E-state index is 5.12. The summed E-state index contributed by atoms with van der Waals surface area (Å²) in [5.41, 5.74) is 0. The third-order valence-electron chi connectivity index (χ3n) is 1.90. The molecule has 5 heteroatoms. The van der Waals surface area contributed by atoms with Gasteiger partial charge in [0.15, 0.2) is 0 Å². The molecule has 1 N–H and O–H groups in total. The first-order chi connectivity index (χ1) is 6.63. The van der Waals surface area contributed by atoms with Gasteiger partial charge in [-0.15, -0.1) is 0 Å². The fourth-order valence-electron chi connectivity index (χ4n) is 0.856. The normalized spacial score (nSPS) is 13.2. The van der Waals surface area contributed by atoms with Crippen molar-refractivity contribution in [2.75, 3.05) is 19.0 Å². The van der Waals surface area contributed by atoms with Gasteiger partial charge in [-0.05, 0) is 6.92 Å². The molecule has 0 aromatic carbocycles. The molecule has 1 aromatic rings. The van der Waals surface area contributed by atoms with Gasteiger partial charge in [0.25, 0.3) is 0 Å². The molecule has 0 spiro atoms. The van der Waals surface area contributed by atoms with Crippen LogP contribution in [-0.2, 0) is 4.74 Å². The van der Waals surface area contributed by atoms with E-state index in [1.807, 2.05) is 6.92 Å². The highest BCUT2D eigenvalue weighted by Gasteiger charge is 2.07. The molecule has 0 aliphatic rings. The number of nitrogens with one attached hydrogen (secondary N) is 1.